The topological polar surface area (TPSA) is 85.2 Å². The highest BCUT2D eigenvalue weighted by molar-refractivity contribution is 5.69. The van der Waals surface area contributed by atoms with E-state index in [1.165, 1.54) is 0 Å². The number of carbonyl (C=O) groups excluding carboxylic acids is 1. The number of hydrogen-bond acceptors (Lipinski definition) is 6. The summed E-state index contributed by atoms with van der Waals surface area (Å²) >= 11 is 0. The Morgan fingerprint density at radius 1 is 1.50 bits per heavy atom. The van der Waals surface area contributed by atoms with Gasteiger partial charge in [0.2, 0.25) is 0 Å². The molecule has 0 unspecified atom stereocenters. The molecule has 2 N–H and O–H groups in total. The number of rotatable bonds is 3. The van der Waals surface area contributed by atoms with Gasteiger partial charge in [-0.15, -0.1) is 0 Å². The molecule has 0 saturated heterocycles. The molecule has 0 saturated carbocycles. The Kier molecular flexibility index (Phi) is 4.08. The monoisotopic (exact) mass is 124 g/mol. The zero-order valence-corrected chi connectivity index (χ0v) is 3.73. The average molecular weight is 124 g/mol. The maximum absolute atomic E-state index is 9.78. The van der Waals surface area contributed by atoms with E-state index >= 15 is 0 Å². The molecule has 0 aromatic rings. The van der Waals surface area contributed by atoms with Gasteiger partial charge in [0.1, 0.15) is 0 Å². The van der Waals surface area contributed by atoms with Crippen molar-refractivity contribution in [2.75, 3.05) is 6.61 Å². The van der Waals surface area contributed by atoms with Crippen molar-refractivity contribution in [3.63, 3.8) is 0 Å². The van der Waals surface area contributed by atoms with Crippen molar-refractivity contribution in [2.45, 2.75) is 0 Å². The third kappa shape index (κ3) is 3.50. The maximum atomic E-state index is 9.78. The molecule has 0 bridgehead atoms. The summed E-state index contributed by atoms with van der Waals surface area (Å²) in [6, 6.07) is 0. The quantitative estimate of drug-likeness (QED) is 0.387. The van der Waals surface area contributed by atoms with Crippen LogP contribution in [0.5, 0.6) is 0 Å². The minimum absolute atomic E-state index is 0.660. The zero-order valence-electron chi connectivity index (χ0n) is 3.73. The van der Waals surface area contributed by atoms with Crippen LogP contribution < -0.4 is 0 Å². The highest BCUT2D eigenvalue weighted by Crippen LogP contribution is 1.75. The Labute approximate surface area is 44.0 Å². The Hall–Kier alpha value is -0.690. The fraction of sp³-hybridized carbons (Fsp3) is 0.500. The van der Waals surface area contributed by atoms with Crippen LogP contribution in [0.25, 0.3) is 0 Å². The van der Waals surface area contributed by atoms with E-state index < -0.39 is 12.6 Å². The minimum Gasteiger partial charge on any atom is -0.298 e. The van der Waals surface area contributed by atoms with Crippen LogP contribution in [0.1, 0.15) is 0 Å². The molecule has 0 heterocycles. The molecule has 0 fully saturated rings. The molecule has 6 nitrogen and oxygen atoms in total. The van der Waals surface area contributed by atoms with Gasteiger partial charge in [-0.25, -0.2) is 10.1 Å². The SMILES string of the molecule is O=C(COOO)OO. The van der Waals surface area contributed by atoms with Crippen LogP contribution in [-0.2, 0) is 19.6 Å². The fourth-order valence-corrected chi connectivity index (χ4v) is 0.101. The second-order valence-corrected chi connectivity index (χ2v) is 0.800. The highest BCUT2D eigenvalue weighted by atomic mass is 17.5. The third-order valence-electron chi connectivity index (χ3n) is 0.331. The highest BCUT2D eigenvalue weighted by Gasteiger charge is 2.00. The number of carbonyl (C=O) groups is 1. The summed E-state index contributed by atoms with van der Waals surface area (Å²) in [4.78, 5) is 16.5. The van der Waals surface area contributed by atoms with Gasteiger partial charge in [-0.3, -0.25) is 4.89 Å². The van der Waals surface area contributed by atoms with Crippen LogP contribution in [0.4, 0.5) is 0 Å². The Bertz CT molecular complexity index is 68.9. The summed E-state index contributed by atoms with van der Waals surface area (Å²) in [6.45, 7) is -0.660. The van der Waals surface area contributed by atoms with Gasteiger partial charge in [0, 0.05) is 0 Å². The van der Waals surface area contributed by atoms with Crippen molar-refractivity contribution in [3.05, 3.63) is 0 Å². The van der Waals surface area contributed by atoms with Gasteiger partial charge in [-0.1, -0.05) is 5.04 Å². The summed E-state index contributed by atoms with van der Waals surface area (Å²) in [5.41, 5.74) is 0. The van der Waals surface area contributed by atoms with E-state index in [-0.39, 0.29) is 0 Å². The molecule has 6 heteroatoms. The summed E-state index contributed by atoms with van der Waals surface area (Å²) in [6.07, 6.45) is 0. The van der Waals surface area contributed by atoms with Gasteiger partial charge in [0.15, 0.2) is 6.61 Å². The van der Waals surface area contributed by atoms with E-state index in [4.69, 9.17) is 10.5 Å². The lowest BCUT2D eigenvalue weighted by Gasteiger charge is -1.91. The molecule has 48 valence electrons. The van der Waals surface area contributed by atoms with Crippen LogP contribution in [0.15, 0.2) is 0 Å². The van der Waals surface area contributed by atoms with E-state index in [0.29, 0.717) is 0 Å². The maximum Gasteiger partial charge on any atom is 0.370 e. The molecule has 8 heavy (non-hydrogen) atoms. The molecule has 0 aliphatic heterocycles. The van der Waals surface area contributed by atoms with Crippen LogP contribution >= 0.6 is 0 Å². The van der Waals surface area contributed by atoms with E-state index in [2.05, 4.69) is 14.8 Å². The molecule has 0 radical (unpaired) electrons. The van der Waals surface area contributed by atoms with Gasteiger partial charge >= 0.3 is 5.97 Å². The second kappa shape index (κ2) is 4.47. The largest absolute Gasteiger partial charge is 0.370 e. The molecule has 0 aliphatic rings. The second-order valence-electron chi connectivity index (χ2n) is 0.800. The van der Waals surface area contributed by atoms with Crippen molar-refractivity contribution in [3.8, 4) is 0 Å². The van der Waals surface area contributed by atoms with Crippen LogP contribution in [-0.4, -0.2) is 23.1 Å². The molecule has 0 amide bonds. The van der Waals surface area contributed by atoms with Gasteiger partial charge in [-0.2, -0.15) is 10.1 Å². The van der Waals surface area contributed by atoms with Gasteiger partial charge in [-0.05, 0) is 0 Å². The first-order chi connectivity index (χ1) is 3.81. The smallest absolute Gasteiger partial charge is 0.298 e. The lowest BCUT2D eigenvalue weighted by Crippen LogP contribution is -2.09. The fourth-order valence-electron chi connectivity index (χ4n) is 0.101. The lowest BCUT2D eigenvalue weighted by molar-refractivity contribution is -0.488. The molecule has 0 spiro atoms. The Morgan fingerprint density at radius 2 is 2.12 bits per heavy atom. The molecular formula is C2H4O6. The normalized spacial score (nSPS) is 8.75. The van der Waals surface area contributed by atoms with Gasteiger partial charge in [0.05, 0.1) is 0 Å². The minimum atomic E-state index is -1.06. The first-order valence-electron chi connectivity index (χ1n) is 1.58. The van der Waals surface area contributed by atoms with Crippen LogP contribution in [0.3, 0.4) is 0 Å². The molecule has 0 aromatic carbocycles. The summed E-state index contributed by atoms with van der Waals surface area (Å²) in [5, 5.41) is 17.9. The van der Waals surface area contributed by atoms with Gasteiger partial charge < -0.3 is 0 Å². The molecule has 0 atom stereocenters. The van der Waals surface area contributed by atoms with E-state index in [1.54, 1.807) is 0 Å². The molecule has 0 rings (SSSR count). The summed E-state index contributed by atoms with van der Waals surface area (Å²) in [5.74, 6) is -1.06. The first-order valence-corrected chi connectivity index (χ1v) is 1.58. The predicted octanol–water partition coefficient (Wildman–Crippen LogP) is -0.576. The average Bonchev–Trinajstić information content (AvgIpc) is 1.83. The van der Waals surface area contributed by atoms with Crippen LogP contribution in [0, 0.1) is 0 Å². The van der Waals surface area contributed by atoms with E-state index in [1.807, 2.05) is 0 Å². The predicted molar refractivity (Wildman–Crippen MR) is 18.4 cm³/mol. The third-order valence-corrected chi connectivity index (χ3v) is 0.331. The Balaban J connectivity index is 2.99. The lowest BCUT2D eigenvalue weighted by atomic mass is 10.8. The molecule has 0 aromatic heterocycles. The van der Waals surface area contributed by atoms with Crippen molar-refractivity contribution >= 4 is 5.97 Å². The van der Waals surface area contributed by atoms with Crippen molar-refractivity contribution < 1.29 is 30.1 Å². The van der Waals surface area contributed by atoms with Crippen molar-refractivity contribution in [1.82, 2.24) is 0 Å². The first kappa shape index (κ1) is 7.31. The zero-order chi connectivity index (χ0) is 6.41. The number of hydrogen-bond donors (Lipinski definition) is 2. The standard InChI is InChI=1S/C2H4O6/c3-2(7-4)1-6-8-5/h4-5H,1H2. The van der Waals surface area contributed by atoms with E-state index in [0.717, 1.165) is 0 Å². The molecule has 0 aliphatic carbocycles. The summed E-state index contributed by atoms with van der Waals surface area (Å²) < 4.78 is 0. The van der Waals surface area contributed by atoms with Crippen molar-refractivity contribution in [1.29, 1.82) is 0 Å². The summed E-state index contributed by atoms with van der Waals surface area (Å²) in [7, 11) is 0. The van der Waals surface area contributed by atoms with E-state index in [9.17, 15) is 4.79 Å². The molecular weight excluding hydrogens is 120 g/mol. The van der Waals surface area contributed by atoms with Crippen LogP contribution in [0.2, 0.25) is 0 Å². The Morgan fingerprint density at radius 3 is 2.50 bits per heavy atom. The van der Waals surface area contributed by atoms with Crippen molar-refractivity contribution in [2.24, 2.45) is 0 Å². The van der Waals surface area contributed by atoms with Gasteiger partial charge in [0.25, 0.3) is 0 Å².